The molecular weight excluding hydrogens is 285 g/mol. The van der Waals surface area contributed by atoms with Crippen molar-refractivity contribution in [2.45, 2.75) is 32.7 Å². The zero-order chi connectivity index (χ0) is 12.8. The summed E-state index contributed by atoms with van der Waals surface area (Å²) in [5.41, 5.74) is 0.713. The third-order valence-electron chi connectivity index (χ3n) is 2.41. The second-order valence-corrected chi connectivity index (χ2v) is 5.07. The molecule has 0 saturated carbocycles. The number of rotatable bonds is 6. The molecule has 1 unspecified atom stereocenters. The van der Waals surface area contributed by atoms with Crippen LogP contribution < -0.4 is 5.32 Å². The molecule has 1 aromatic rings. The van der Waals surface area contributed by atoms with E-state index in [2.05, 4.69) is 21.2 Å². The number of nitrogens with one attached hydrogen (secondary N) is 1. The molecule has 0 aromatic heterocycles. The highest BCUT2D eigenvalue weighted by Crippen LogP contribution is 2.16. The molecule has 0 radical (unpaired) electrons. The summed E-state index contributed by atoms with van der Waals surface area (Å²) in [5, 5.41) is 3.18. The van der Waals surface area contributed by atoms with E-state index in [0.717, 1.165) is 6.54 Å². The Morgan fingerprint density at radius 2 is 2.18 bits per heavy atom. The van der Waals surface area contributed by atoms with Crippen molar-refractivity contribution in [2.24, 2.45) is 0 Å². The van der Waals surface area contributed by atoms with Gasteiger partial charge in [-0.15, -0.1) is 0 Å². The van der Waals surface area contributed by atoms with Crippen molar-refractivity contribution in [1.29, 1.82) is 0 Å². The van der Waals surface area contributed by atoms with Gasteiger partial charge in [0, 0.05) is 23.4 Å². The highest BCUT2D eigenvalue weighted by atomic mass is 79.9. The monoisotopic (exact) mass is 301 g/mol. The third-order valence-corrected chi connectivity index (χ3v) is 2.87. The molecule has 1 N–H and O–H groups in total. The minimum absolute atomic E-state index is 0.121. The van der Waals surface area contributed by atoms with Gasteiger partial charge in [-0.1, -0.05) is 22.9 Å². The second kappa shape index (κ2) is 6.87. The SMILES string of the molecule is CCNC(C)CC(=O)Cc1cc(F)cc(Br)c1. The highest BCUT2D eigenvalue weighted by Gasteiger charge is 2.10. The maximum Gasteiger partial charge on any atom is 0.138 e. The fraction of sp³-hybridized carbons (Fsp3) is 0.462. The molecule has 0 aliphatic rings. The summed E-state index contributed by atoms with van der Waals surface area (Å²) >= 11 is 3.21. The Labute approximate surface area is 110 Å². The minimum Gasteiger partial charge on any atom is -0.314 e. The molecule has 4 heteroatoms. The van der Waals surface area contributed by atoms with E-state index in [9.17, 15) is 9.18 Å². The van der Waals surface area contributed by atoms with Crippen molar-refractivity contribution >= 4 is 21.7 Å². The number of hydrogen-bond acceptors (Lipinski definition) is 2. The lowest BCUT2D eigenvalue weighted by atomic mass is 10.0. The summed E-state index contributed by atoms with van der Waals surface area (Å²) < 4.78 is 13.8. The van der Waals surface area contributed by atoms with Gasteiger partial charge < -0.3 is 5.32 Å². The molecule has 94 valence electrons. The van der Waals surface area contributed by atoms with E-state index in [1.54, 1.807) is 6.07 Å². The van der Waals surface area contributed by atoms with Crippen molar-refractivity contribution < 1.29 is 9.18 Å². The van der Waals surface area contributed by atoms with Crippen LogP contribution in [0.3, 0.4) is 0 Å². The van der Waals surface area contributed by atoms with Gasteiger partial charge in [-0.2, -0.15) is 0 Å². The molecule has 0 heterocycles. The number of carbonyl (C=O) groups is 1. The fourth-order valence-corrected chi connectivity index (χ4v) is 2.29. The van der Waals surface area contributed by atoms with E-state index >= 15 is 0 Å². The van der Waals surface area contributed by atoms with Crippen LogP contribution in [-0.2, 0) is 11.2 Å². The fourth-order valence-electron chi connectivity index (χ4n) is 1.77. The smallest absolute Gasteiger partial charge is 0.138 e. The minimum atomic E-state index is -0.318. The predicted molar refractivity (Wildman–Crippen MR) is 70.6 cm³/mol. The van der Waals surface area contributed by atoms with E-state index in [-0.39, 0.29) is 24.1 Å². The van der Waals surface area contributed by atoms with Crippen LogP contribution >= 0.6 is 15.9 Å². The van der Waals surface area contributed by atoms with Crippen molar-refractivity contribution in [1.82, 2.24) is 5.32 Å². The van der Waals surface area contributed by atoms with Gasteiger partial charge in [-0.25, -0.2) is 4.39 Å². The Bertz CT molecular complexity index is 375. The van der Waals surface area contributed by atoms with Crippen LogP contribution in [0.25, 0.3) is 0 Å². The Kier molecular flexibility index (Phi) is 5.78. The first-order chi connectivity index (χ1) is 8.01. The number of carbonyl (C=O) groups excluding carboxylic acids is 1. The van der Waals surface area contributed by atoms with E-state index in [4.69, 9.17) is 0 Å². The third kappa shape index (κ3) is 5.41. The lowest BCUT2D eigenvalue weighted by Gasteiger charge is -2.11. The van der Waals surface area contributed by atoms with E-state index in [1.165, 1.54) is 12.1 Å². The predicted octanol–water partition coefficient (Wildman–Crippen LogP) is 3.09. The summed E-state index contributed by atoms with van der Waals surface area (Å²) in [6, 6.07) is 4.74. The van der Waals surface area contributed by atoms with Crippen molar-refractivity contribution in [3.63, 3.8) is 0 Å². The Hall–Kier alpha value is -0.740. The molecule has 17 heavy (non-hydrogen) atoms. The molecule has 0 amide bonds. The molecule has 2 nitrogen and oxygen atoms in total. The summed E-state index contributed by atoms with van der Waals surface area (Å²) in [6.07, 6.45) is 0.758. The average molecular weight is 302 g/mol. The first kappa shape index (κ1) is 14.3. The van der Waals surface area contributed by atoms with Crippen LogP contribution in [0.2, 0.25) is 0 Å². The maximum atomic E-state index is 13.1. The highest BCUT2D eigenvalue weighted by molar-refractivity contribution is 9.10. The van der Waals surface area contributed by atoms with Crippen molar-refractivity contribution in [2.75, 3.05) is 6.54 Å². The topological polar surface area (TPSA) is 29.1 Å². The molecule has 1 rings (SSSR count). The van der Waals surface area contributed by atoms with Gasteiger partial charge in [-0.3, -0.25) is 4.79 Å². The van der Waals surface area contributed by atoms with Crippen LogP contribution in [0.15, 0.2) is 22.7 Å². The molecule has 1 atom stereocenters. The lowest BCUT2D eigenvalue weighted by molar-refractivity contribution is -0.118. The van der Waals surface area contributed by atoms with Crippen molar-refractivity contribution in [3.8, 4) is 0 Å². The number of benzene rings is 1. The lowest BCUT2D eigenvalue weighted by Crippen LogP contribution is -2.28. The van der Waals surface area contributed by atoms with Crippen LogP contribution in [0.5, 0.6) is 0 Å². The number of halogens is 2. The molecule has 0 fully saturated rings. The Morgan fingerprint density at radius 1 is 1.47 bits per heavy atom. The molecular formula is C13H17BrFNO. The van der Waals surface area contributed by atoms with Gasteiger partial charge in [0.15, 0.2) is 0 Å². The normalized spacial score (nSPS) is 12.5. The molecule has 0 saturated heterocycles. The largest absolute Gasteiger partial charge is 0.314 e. The van der Waals surface area contributed by atoms with Gasteiger partial charge in [0.05, 0.1) is 0 Å². The summed E-state index contributed by atoms with van der Waals surface area (Å²) in [5.74, 6) is -0.196. The number of Topliss-reactive ketones (excluding diaryl/α,β-unsaturated/α-hetero) is 1. The summed E-state index contributed by atoms with van der Waals surface area (Å²) in [7, 11) is 0. The standard InChI is InChI=1S/C13H17BrFNO/c1-3-16-9(2)4-13(17)7-10-5-11(14)8-12(15)6-10/h5-6,8-9,16H,3-4,7H2,1-2H3. The molecule has 0 bridgehead atoms. The van der Waals surface area contributed by atoms with Crippen LogP contribution in [0.4, 0.5) is 4.39 Å². The van der Waals surface area contributed by atoms with Crippen LogP contribution in [-0.4, -0.2) is 18.4 Å². The van der Waals surface area contributed by atoms with Crippen LogP contribution in [0, 0.1) is 5.82 Å². The number of ketones is 1. The zero-order valence-corrected chi connectivity index (χ0v) is 11.7. The zero-order valence-electron chi connectivity index (χ0n) is 10.1. The van der Waals surface area contributed by atoms with Gasteiger partial charge in [0.2, 0.25) is 0 Å². The van der Waals surface area contributed by atoms with Crippen molar-refractivity contribution in [3.05, 3.63) is 34.1 Å². The molecule has 0 spiro atoms. The van der Waals surface area contributed by atoms with Gasteiger partial charge >= 0.3 is 0 Å². The molecule has 1 aromatic carbocycles. The Balaban J connectivity index is 2.56. The van der Waals surface area contributed by atoms with Gasteiger partial charge in [0.1, 0.15) is 11.6 Å². The molecule has 0 aliphatic carbocycles. The van der Waals surface area contributed by atoms with E-state index in [0.29, 0.717) is 16.5 Å². The number of hydrogen-bond donors (Lipinski definition) is 1. The van der Waals surface area contributed by atoms with E-state index < -0.39 is 0 Å². The van der Waals surface area contributed by atoms with Gasteiger partial charge in [-0.05, 0) is 37.2 Å². The maximum absolute atomic E-state index is 13.1. The van der Waals surface area contributed by atoms with Gasteiger partial charge in [0.25, 0.3) is 0 Å². The Morgan fingerprint density at radius 3 is 2.76 bits per heavy atom. The summed E-state index contributed by atoms with van der Waals surface area (Å²) in [4.78, 5) is 11.7. The van der Waals surface area contributed by atoms with Crippen LogP contribution in [0.1, 0.15) is 25.8 Å². The average Bonchev–Trinajstić information content (AvgIpc) is 2.14. The summed E-state index contributed by atoms with van der Waals surface area (Å²) in [6.45, 7) is 4.83. The second-order valence-electron chi connectivity index (χ2n) is 4.16. The first-order valence-corrected chi connectivity index (χ1v) is 6.50. The first-order valence-electron chi connectivity index (χ1n) is 5.71. The van der Waals surface area contributed by atoms with E-state index in [1.807, 2.05) is 13.8 Å². The molecule has 0 aliphatic heterocycles. The quantitative estimate of drug-likeness (QED) is 0.875.